The van der Waals surface area contributed by atoms with E-state index < -0.39 is 5.79 Å². The lowest BCUT2D eigenvalue weighted by atomic mass is 9.91. The smallest absolute Gasteiger partial charge is 0.162 e. The summed E-state index contributed by atoms with van der Waals surface area (Å²) in [6.45, 7) is 10.4. The Balaban J connectivity index is 1.81. The van der Waals surface area contributed by atoms with E-state index in [1.807, 2.05) is 13.8 Å². The predicted octanol–water partition coefficient (Wildman–Crippen LogP) is 0.852. The van der Waals surface area contributed by atoms with Gasteiger partial charge in [-0.15, -0.1) is 0 Å². The molecule has 0 aromatic carbocycles. The van der Waals surface area contributed by atoms with Crippen molar-refractivity contribution in [2.24, 2.45) is 5.41 Å². The zero-order valence-corrected chi connectivity index (χ0v) is 14.3. The average Bonchev–Trinajstić information content (AvgIpc) is 2.53. The summed E-state index contributed by atoms with van der Waals surface area (Å²) < 4.78 is 39.4. The van der Waals surface area contributed by atoms with Crippen LogP contribution in [0.3, 0.4) is 0 Å². The van der Waals surface area contributed by atoms with E-state index in [-0.39, 0.29) is 5.41 Å². The highest BCUT2D eigenvalue weighted by molar-refractivity contribution is 4.83. The molecule has 0 aliphatic carbocycles. The monoisotopic (exact) mass is 334 g/mol. The maximum atomic E-state index is 5.80. The number of hydrogen-bond acceptors (Lipinski definition) is 7. The third kappa shape index (κ3) is 7.43. The second-order valence-electron chi connectivity index (χ2n) is 6.42. The summed E-state index contributed by atoms with van der Waals surface area (Å²) in [5.41, 5.74) is -0.282. The van der Waals surface area contributed by atoms with E-state index in [4.69, 9.17) is 33.2 Å². The summed E-state index contributed by atoms with van der Waals surface area (Å²) in [5, 5.41) is 0. The molecule has 2 heterocycles. The van der Waals surface area contributed by atoms with Gasteiger partial charge in [0, 0.05) is 0 Å². The van der Waals surface area contributed by atoms with Crippen molar-refractivity contribution in [2.75, 3.05) is 79.3 Å². The minimum absolute atomic E-state index is 0.282. The van der Waals surface area contributed by atoms with E-state index in [0.29, 0.717) is 79.3 Å². The van der Waals surface area contributed by atoms with E-state index >= 15 is 0 Å². The summed E-state index contributed by atoms with van der Waals surface area (Å²) in [6.07, 6.45) is 0. The standard InChI is InChI=1S/C16H30O7/c1-15(2)22-13-16(14-23-15)11-20-9-7-18-5-3-17-4-6-19-8-10-21-12-16/h3-14H2,1-2H3. The Morgan fingerprint density at radius 2 is 0.826 bits per heavy atom. The SMILES string of the molecule is CC1(C)OCC2(COCCOCCOCCOCCOC2)CO1. The molecule has 1 spiro atoms. The van der Waals surface area contributed by atoms with Crippen molar-refractivity contribution in [3.63, 3.8) is 0 Å². The van der Waals surface area contributed by atoms with E-state index in [9.17, 15) is 0 Å². The average molecular weight is 334 g/mol. The van der Waals surface area contributed by atoms with Gasteiger partial charge in [0.25, 0.3) is 0 Å². The molecule has 0 N–H and O–H groups in total. The van der Waals surface area contributed by atoms with Gasteiger partial charge in [-0.3, -0.25) is 0 Å². The van der Waals surface area contributed by atoms with Crippen LogP contribution in [0.5, 0.6) is 0 Å². The minimum atomic E-state index is -0.549. The normalized spacial score (nSPS) is 28.4. The van der Waals surface area contributed by atoms with Crippen molar-refractivity contribution in [2.45, 2.75) is 19.6 Å². The Kier molecular flexibility index (Phi) is 8.18. The molecular formula is C16H30O7. The first-order valence-corrected chi connectivity index (χ1v) is 8.29. The number of rotatable bonds is 0. The van der Waals surface area contributed by atoms with Crippen molar-refractivity contribution >= 4 is 0 Å². The summed E-state index contributed by atoms with van der Waals surface area (Å²) in [5.74, 6) is -0.549. The largest absolute Gasteiger partial charge is 0.378 e. The molecule has 0 unspecified atom stereocenters. The number of ether oxygens (including phenoxy) is 7. The highest BCUT2D eigenvalue weighted by Gasteiger charge is 2.40. The summed E-state index contributed by atoms with van der Waals surface area (Å²) >= 11 is 0. The zero-order chi connectivity index (χ0) is 16.4. The van der Waals surface area contributed by atoms with Crippen LogP contribution < -0.4 is 0 Å². The molecule has 2 aliphatic rings. The van der Waals surface area contributed by atoms with Crippen LogP contribution in [0.1, 0.15) is 13.8 Å². The van der Waals surface area contributed by atoms with E-state index in [2.05, 4.69) is 0 Å². The van der Waals surface area contributed by atoms with Gasteiger partial charge in [-0.2, -0.15) is 0 Å². The first kappa shape index (κ1) is 19.1. The molecule has 2 aliphatic heterocycles. The minimum Gasteiger partial charge on any atom is -0.378 e. The Hall–Kier alpha value is -0.280. The van der Waals surface area contributed by atoms with Crippen LogP contribution in [0.25, 0.3) is 0 Å². The van der Waals surface area contributed by atoms with Crippen LogP contribution in [-0.4, -0.2) is 85.1 Å². The molecule has 0 radical (unpaired) electrons. The van der Waals surface area contributed by atoms with E-state index in [1.54, 1.807) is 0 Å². The Labute approximate surface area is 138 Å². The maximum Gasteiger partial charge on any atom is 0.162 e. The van der Waals surface area contributed by atoms with Gasteiger partial charge >= 0.3 is 0 Å². The van der Waals surface area contributed by atoms with Gasteiger partial charge in [-0.1, -0.05) is 0 Å². The number of hydrogen-bond donors (Lipinski definition) is 0. The zero-order valence-electron chi connectivity index (χ0n) is 14.3. The predicted molar refractivity (Wildman–Crippen MR) is 82.5 cm³/mol. The Morgan fingerprint density at radius 3 is 1.22 bits per heavy atom. The Morgan fingerprint density at radius 1 is 0.478 bits per heavy atom. The van der Waals surface area contributed by atoms with Crippen molar-refractivity contribution in [1.29, 1.82) is 0 Å². The molecule has 7 nitrogen and oxygen atoms in total. The molecule has 0 saturated carbocycles. The highest BCUT2D eigenvalue weighted by atomic mass is 16.7. The lowest BCUT2D eigenvalue weighted by Crippen LogP contribution is -2.51. The fourth-order valence-electron chi connectivity index (χ4n) is 2.30. The van der Waals surface area contributed by atoms with Gasteiger partial charge in [0.15, 0.2) is 5.79 Å². The van der Waals surface area contributed by atoms with Crippen molar-refractivity contribution in [3.05, 3.63) is 0 Å². The molecule has 0 amide bonds. The molecule has 0 aromatic heterocycles. The van der Waals surface area contributed by atoms with Crippen LogP contribution in [0, 0.1) is 5.41 Å². The molecule has 136 valence electrons. The molecule has 2 fully saturated rings. The molecule has 0 atom stereocenters. The molecule has 23 heavy (non-hydrogen) atoms. The van der Waals surface area contributed by atoms with Crippen LogP contribution in [0.15, 0.2) is 0 Å². The third-order valence-corrected chi connectivity index (χ3v) is 3.76. The molecule has 7 heteroatoms. The summed E-state index contributed by atoms with van der Waals surface area (Å²) in [4.78, 5) is 0. The van der Waals surface area contributed by atoms with Crippen molar-refractivity contribution in [3.8, 4) is 0 Å². The van der Waals surface area contributed by atoms with Crippen molar-refractivity contribution in [1.82, 2.24) is 0 Å². The molecular weight excluding hydrogens is 304 g/mol. The van der Waals surface area contributed by atoms with Crippen LogP contribution >= 0.6 is 0 Å². The second-order valence-corrected chi connectivity index (χ2v) is 6.42. The van der Waals surface area contributed by atoms with Crippen LogP contribution in [0.4, 0.5) is 0 Å². The van der Waals surface area contributed by atoms with Gasteiger partial charge in [-0.05, 0) is 13.8 Å². The fraction of sp³-hybridized carbons (Fsp3) is 1.00. The molecule has 0 bridgehead atoms. The fourth-order valence-corrected chi connectivity index (χ4v) is 2.30. The molecule has 2 rings (SSSR count). The van der Waals surface area contributed by atoms with Gasteiger partial charge < -0.3 is 33.2 Å². The van der Waals surface area contributed by atoms with Gasteiger partial charge in [-0.25, -0.2) is 0 Å². The van der Waals surface area contributed by atoms with E-state index in [1.165, 1.54) is 0 Å². The van der Waals surface area contributed by atoms with Gasteiger partial charge in [0.05, 0.1) is 84.7 Å². The van der Waals surface area contributed by atoms with Crippen LogP contribution in [-0.2, 0) is 33.2 Å². The third-order valence-electron chi connectivity index (χ3n) is 3.76. The Bertz CT molecular complexity index is 294. The van der Waals surface area contributed by atoms with E-state index in [0.717, 1.165) is 0 Å². The van der Waals surface area contributed by atoms with Gasteiger partial charge in [0.2, 0.25) is 0 Å². The highest BCUT2D eigenvalue weighted by Crippen LogP contribution is 2.30. The van der Waals surface area contributed by atoms with Crippen molar-refractivity contribution < 1.29 is 33.2 Å². The molecule has 2 saturated heterocycles. The first-order valence-electron chi connectivity index (χ1n) is 8.29. The topological polar surface area (TPSA) is 64.6 Å². The second kappa shape index (κ2) is 9.88. The van der Waals surface area contributed by atoms with Crippen LogP contribution in [0.2, 0.25) is 0 Å². The summed E-state index contributed by atoms with van der Waals surface area (Å²) in [6, 6.07) is 0. The molecule has 0 aromatic rings. The summed E-state index contributed by atoms with van der Waals surface area (Å²) in [7, 11) is 0. The maximum absolute atomic E-state index is 5.80. The van der Waals surface area contributed by atoms with Gasteiger partial charge in [0.1, 0.15) is 0 Å². The lowest BCUT2D eigenvalue weighted by molar-refractivity contribution is -0.299. The quantitative estimate of drug-likeness (QED) is 0.651. The first-order chi connectivity index (χ1) is 11.1. The lowest BCUT2D eigenvalue weighted by Gasteiger charge is -2.43.